The monoisotopic (exact) mass is 559 g/mol. The molecule has 0 saturated carbocycles. The highest BCUT2D eigenvalue weighted by Crippen LogP contribution is 2.38. The Hall–Kier alpha value is -6.61. The van der Waals surface area contributed by atoms with Crippen molar-refractivity contribution in [3.8, 4) is 40.7 Å². The van der Waals surface area contributed by atoms with Crippen molar-refractivity contribution in [2.75, 3.05) is 0 Å². The second kappa shape index (κ2) is 9.74. The van der Waals surface area contributed by atoms with Gasteiger partial charge >= 0.3 is 0 Å². The van der Waals surface area contributed by atoms with Gasteiger partial charge in [-0.25, -0.2) is 0 Å². The third kappa shape index (κ3) is 3.70. The molecular weight excluding hydrogens is 538 g/mol. The standard InChI is InChI=1S/C39H21N5/c40-22-25-6-5-7-30(19-25)43-36-10-3-1-8-31(36)33-20-27(13-16-38(33)43)28-14-17-39-34(21-28)32-9-2-4-11-37(32)44(39)35-15-12-26(23-41)18-29(35)24-42/h1-21H. The zero-order chi connectivity index (χ0) is 29.8. The van der Waals surface area contributed by atoms with E-state index < -0.39 is 0 Å². The van der Waals surface area contributed by atoms with Crippen LogP contribution in [0.15, 0.2) is 127 Å². The second-order valence-corrected chi connectivity index (χ2v) is 10.8. The summed E-state index contributed by atoms with van der Waals surface area (Å²) in [6.07, 6.45) is 0. The van der Waals surface area contributed by atoms with Gasteiger partial charge in [0.05, 0.1) is 56.6 Å². The number of benzene rings is 6. The minimum atomic E-state index is 0.456. The van der Waals surface area contributed by atoms with Crippen molar-refractivity contribution in [2.24, 2.45) is 0 Å². The molecule has 8 aromatic rings. The van der Waals surface area contributed by atoms with E-state index >= 15 is 0 Å². The number of fused-ring (bicyclic) bond motifs is 6. The van der Waals surface area contributed by atoms with E-state index in [-0.39, 0.29) is 0 Å². The quantitative estimate of drug-likeness (QED) is 0.216. The van der Waals surface area contributed by atoms with Crippen LogP contribution in [0, 0.1) is 34.0 Å². The molecule has 0 aliphatic rings. The molecule has 8 rings (SSSR count). The van der Waals surface area contributed by atoms with Gasteiger partial charge < -0.3 is 9.13 Å². The van der Waals surface area contributed by atoms with Gasteiger partial charge in [0.1, 0.15) is 6.07 Å². The van der Waals surface area contributed by atoms with E-state index in [1.807, 2.05) is 48.5 Å². The van der Waals surface area contributed by atoms with Crippen molar-refractivity contribution in [1.82, 2.24) is 9.13 Å². The van der Waals surface area contributed by atoms with Gasteiger partial charge in [-0.2, -0.15) is 15.8 Å². The Morgan fingerprint density at radius 2 is 0.977 bits per heavy atom. The van der Waals surface area contributed by atoms with E-state index in [4.69, 9.17) is 0 Å². The maximum Gasteiger partial charge on any atom is 0.101 e. The number of hydrogen-bond donors (Lipinski definition) is 0. The van der Waals surface area contributed by atoms with Crippen LogP contribution in [0.25, 0.3) is 66.1 Å². The molecule has 2 heterocycles. The molecule has 0 spiro atoms. The summed E-state index contributed by atoms with van der Waals surface area (Å²) in [4.78, 5) is 0. The molecule has 0 amide bonds. The molecule has 0 N–H and O–H groups in total. The summed E-state index contributed by atoms with van der Waals surface area (Å²) in [5.41, 5.74) is 9.59. The van der Waals surface area contributed by atoms with E-state index in [1.165, 1.54) is 0 Å². The molecule has 0 fully saturated rings. The highest BCUT2D eigenvalue weighted by molar-refractivity contribution is 6.12. The minimum Gasteiger partial charge on any atom is -0.309 e. The number of nitrogens with zero attached hydrogens (tertiary/aromatic N) is 5. The van der Waals surface area contributed by atoms with Gasteiger partial charge in [-0.3, -0.25) is 0 Å². The molecule has 0 atom stereocenters. The van der Waals surface area contributed by atoms with Crippen LogP contribution in [0.5, 0.6) is 0 Å². The molecule has 0 bridgehead atoms. The fraction of sp³-hybridized carbons (Fsp3) is 0. The summed E-state index contributed by atoms with van der Waals surface area (Å²) >= 11 is 0. The molecule has 2 aromatic heterocycles. The number of hydrogen-bond acceptors (Lipinski definition) is 3. The Morgan fingerprint density at radius 3 is 1.61 bits per heavy atom. The summed E-state index contributed by atoms with van der Waals surface area (Å²) in [6.45, 7) is 0. The van der Waals surface area contributed by atoms with Crippen molar-refractivity contribution in [2.45, 2.75) is 0 Å². The average molecular weight is 560 g/mol. The zero-order valence-electron chi connectivity index (χ0n) is 23.4. The molecule has 5 nitrogen and oxygen atoms in total. The number of rotatable bonds is 3. The van der Waals surface area contributed by atoms with Crippen LogP contribution in [0.1, 0.15) is 16.7 Å². The number of para-hydroxylation sites is 2. The first kappa shape index (κ1) is 25.1. The highest BCUT2D eigenvalue weighted by Gasteiger charge is 2.17. The zero-order valence-corrected chi connectivity index (χ0v) is 23.4. The van der Waals surface area contributed by atoms with Gasteiger partial charge in [0, 0.05) is 27.2 Å². The minimum absolute atomic E-state index is 0.456. The van der Waals surface area contributed by atoms with Crippen molar-refractivity contribution in [3.63, 3.8) is 0 Å². The lowest BCUT2D eigenvalue weighted by Gasteiger charge is -2.11. The fourth-order valence-electron chi connectivity index (χ4n) is 6.45. The summed E-state index contributed by atoms with van der Waals surface area (Å²) in [5.74, 6) is 0. The molecule has 0 unspecified atom stereocenters. The lowest BCUT2D eigenvalue weighted by atomic mass is 10.0. The fourth-order valence-corrected chi connectivity index (χ4v) is 6.45. The van der Waals surface area contributed by atoms with Crippen LogP contribution in [-0.4, -0.2) is 9.13 Å². The highest BCUT2D eigenvalue weighted by atomic mass is 15.0. The van der Waals surface area contributed by atoms with E-state index in [0.29, 0.717) is 16.7 Å². The van der Waals surface area contributed by atoms with Crippen LogP contribution in [0.2, 0.25) is 0 Å². The Kier molecular flexibility index (Phi) is 5.56. The molecule has 0 radical (unpaired) electrons. The van der Waals surface area contributed by atoms with Crippen LogP contribution >= 0.6 is 0 Å². The maximum absolute atomic E-state index is 9.95. The second-order valence-electron chi connectivity index (χ2n) is 10.8. The Bertz CT molecular complexity index is 2600. The summed E-state index contributed by atoms with van der Waals surface area (Å²) in [6, 6.07) is 49.3. The smallest absolute Gasteiger partial charge is 0.101 e. The molecule has 6 aromatic carbocycles. The Balaban J connectivity index is 1.34. The molecular formula is C39H21N5. The van der Waals surface area contributed by atoms with Gasteiger partial charge in [0.15, 0.2) is 0 Å². The number of nitriles is 3. The predicted octanol–water partition coefficient (Wildman–Crippen LogP) is 9.16. The molecule has 44 heavy (non-hydrogen) atoms. The van der Waals surface area contributed by atoms with E-state index in [0.717, 1.165) is 66.1 Å². The maximum atomic E-state index is 9.95. The third-order valence-corrected chi connectivity index (χ3v) is 8.40. The SMILES string of the molecule is N#Cc1cccc(-n2c3ccccc3c3cc(-c4ccc5c(c4)c4ccccc4n5-c4ccc(C#N)cc4C#N)ccc32)c1. The van der Waals surface area contributed by atoms with Crippen LogP contribution in [-0.2, 0) is 0 Å². The van der Waals surface area contributed by atoms with Crippen molar-refractivity contribution >= 4 is 43.6 Å². The van der Waals surface area contributed by atoms with Gasteiger partial charge in [-0.15, -0.1) is 0 Å². The van der Waals surface area contributed by atoms with Crippen LogP contribution < -0.4 is 0 Å². The van der Waals surface area contributed by atoms with Crippen molar-refractivity contribution < 1.29 is 0 Å². The van der Waals surface area contributed by atoms with Crippen molar-refractivity contribution in [1.29, 1.82) is 15.8 Å². The largest absolute Gasteiger partial charge is 0.309 e. The van der Waals surface area contributed by atoms with E-state index in [1.54, 1.807) is 12.1 Å². The normalized spacial score (nSPS) is 11.1. The summed E-state index contributed by atoms with van der Waals surface area (Å²) in [5, 5.41) is 33.3. The first-order valence-corrected chi connectivity index (χ1v) is 14.2. The molecule has 0 aliphatic carbocycles. The Labute approximate surface area is 252 Å². The van der Waals surface area contributed by atoms with Gasteiger partial charge in [-0.1, -0.05) is 54.6 Å². The first-order chi connectivity index (χ1) is 21.7. The van der Waals surface area contributed by atoms with Crippen molar-refractivity contribution in [3.05, 3.63) is 144 Å². The lowest BCUT2D eigenvalue weighted by Crippen LogP contribution is -1.98. The van der Waals surface area contributed by atoms with Crippen LogP contribution in [0.3, 0.4) is 0 Å². The molecule has 0 aliphatic heterocycles. The summed E-state index contributed by atoms with van der Waals surface area (Å²) in [7, 11) is 0. The topological polar surface area (TPSA) is 81.2 Å². The van der Waals surface area contributed by atoms with Crippen LogP contribution in [0.4, 0.5) is 0 Å². The van der Waals surface area contributed by atoms with E-state index in [9.17, 15) is 15.8 Å². The predicted molar refractivity (Wildman–Crippen MR) is 175 cm³/mol. The number of aromatic nitrogens is 2. The molecule has 5 heteroatoms. The lowest BCUT2D eigenvalue weighted by molar-refractivity contribution is 1.16. The van der Waals surface area contributed by atoms with Gasteiger partial charge in [0.25, 0.3) is 0 Å². The summed E-state index contributed by atoms with van der Waals surface area (Å²) < 4.78 is 4.33. The molecule has 202 valence electrons. The first-order valence-electron chi connectivity index (χ1n) is 14.2. The van der Waals surface area contributed by atoms with Gasteiger partial charge in [-0.05, 0) is 83.9 Å². The molecule has 0 saturated heterocycles. The third-order valence-electron chi connectivity index (χ3n) is 8.40. The van der Waals surface area contributed by atoms with Gasteiger partial charge in [0.2, 0.25) is 0 Å². The Morgan fingerprint density at radius 1 is 0.409 bits per heavy atom. The van der Waals surface area contributed by atoms with E-state index in [2.05, 4.69) is 94.1 Å². The average Bonchev–Trinajstić information content (AvgIpc) is 3.60.